The molecule has 0 heterocycles. The molecule has 1 amide bonds. The average molecular weight is 391 g/mol. The van der Waals surface area contributed by atoms with Gasteiger partial charge in [0.05, 0.1) is 27.4 Å². The Hall–Kier alpha value is -3.31. The molecule has 3 rings (SSSR count). The van der Waals surface area contributed by atoms with Gasteiger partial charge in [-0.2, -0.15) is 0 Å². The first kappa shape index (κ1) is 20.4. The van der Waals surface area contributed by atoms with E-state index in [2.05, 4.69) is 5.32 Å². The molecule has 0 aromatic heterocycles. The predicted octanol–water partition coefficient (Wildman–Crippen LogP) is 4.35. The van der Waals surface area contributed by atoms with E-state index in [4.69, 9.17) is 14.2 Å². The zero-order valence-electron chi connectivity index (χ0n) is 16.7. The van der Waals surface area contributed by atoms with Gasteiger partial charge < -0.3 is 19.5 Å². The summed E-state index contributed by atoms with van der Waals surface area (Å²) in [6, 6.07) is 23.1. The molecule has 0 radical (unpaired) electrons. The minimum atomic E-state index is -0.192. The lowest BCUT2D eigenvalue weighted by atomic mass is 10.1. The zero-order valence-corrected chi connectivity index (χ0v) is 16.7. The summed E-state index contributed by atoms with van der Waals surface area (Å²) in [7, 11) is 3.12. The van der Waals surface area contributed by atoms with Crippen LogP contribution in [0, 0.1) is 0 Å². The first-order valence-electron chi connectivity index (χ1n) is 9.39. The summed E-state index contributed by atoms with van der Waals surface area (Å²) >= 11 is 0. The highest BCUT2D eigenvalue weighted by Crippen LogP contribution is 2.22. The molecule has 29 heavy (non-hydrogen) atoms. The number of carbonyl (C=O) groups is 1. The van der Waals surface area contributed by atoms with Crippen molar-refractivity contribution in [2.75, 3.05) is 14.2 Å². The number of rotatable bonds is 9. The first-order chi connectivity index (χ1) is 14.2. The van der Waals surface area contributed by atoms with Crippen LogP contribution in [0.2, 0.25) is 0 Å². The predicted molar refractivity (Wildman–Crippen MR) is 112 cm³/mol. The summed E-state index contributed by atoms with van der Waals surface area (Å²) in [6.07, 6.45) is 0. The fraction of sp³-hybridized carbons (Fsp3) is 0.208. The maximum absolute atomic E-state index is 12.6. The van der Waals surface area contributed by atoms with E-state index in [0.717, 1.165) is 16.7 Å². The number of carbonyl (C=O) groups excluding carboxylic acids is 1. The van der Waals surface area contributed by atoms with Crippen molar-refractivity contribution in [2.24, 2.45) is 0 Å². The normalized spacial score (nSPS) is 10.4. The number of methoxy groups -OCH3 is 2. The first-order valence-corrected chi connectivity index (χ1v) is 9.39. The molecule has 0 saturated carbocycles. The summed E-state index contributed by atoms with van der Waals surface area (Å²) in [5.74, 6) is 0.954. The van der Waals surface area contributed by atoms with Crippen LogP contribution in [0.3, 0.4) is 0 Å². The highest BCUT2D eigenvalue weighted by atomic mass is 16.5. The number of hydrogen-bond acceptors (Lipinski definition) is 4. The fourth-order valence-electron chi connectivity index (χ4n) is 2.94. The van der Waals surface area contributed by atoms with Gasteiger partial charge in [0.15, 0.2) is 0 Å². The third-order valence-electron chi connectivity index (χ3n) is 4.54. The Balaban J connectivity index is 1.61. The molecule has 3 aromatic rings. The van der Waals surface area contributed by atoms with Gasteiger partial charge in [-0.3, -0.25) is 4.79 Å². The van der Waals surface area contributed by atoms with E-state index >= 15 is 0 Å². The Bertz CT molecular complexity index is 918. The standard InChI is InChI=1S/C24H25NO4/c1-27-22-12-21(13-23(14-22)28-2)24(26)25-15-19-10-6-7-11-20(19)17-29-16-18-8-4-3-5-9-18/h3-14H,15-17H2,1-2H3,(H,25,26). The van der Waals surface area contributed by atoms with Crippen molar-refractivity contribution >= 4 is 5.91 Å². The molecule has 1 N–H and O–H groups in total. The largest absolute Gasteiger partial charge is 0.497 e. The van der Waals surface area contributed by atoms with Crippen molar-refractivity contribution < 1.29 is 19.0 Å². The van der Waals surface area contributed by atoms with Gasteiger partial charge in [-0.05, 0) is 28.8 Å². The van der Waals surface area contributed by atoms with Gasteiger partial charge in [-0.1, -0.05) is 54.6 Å². The quantitative estimate of drug-likeness (QED) is 0.589. The molecule has 0 aliphatic carbocycles. The maximum atomic E-state index is 12.6. The van der Waals surface area contributed by atoms with E-state index in [-0.39, 0.29) is 5.91 Å². The third-order valence-corrected chi connectivity index (χ3v) is 4.54. The summed E-state index contributed by atoms with van der Waals surface area (Å²) in [4.78, 5) is 12.6. The van der Waals surface area contributed by atoms with Crippen LogP contribution in [-0.4, -0.2) is 20.1 Å². The molecule has 5 nitrogen and oxygen atoms in total. The van der Waals surface area contributed by atoms with Gasteiger partial charge in [-0.25, -0.2) is 0 Å². The fourth-order valence-corrected chi connectivity index (χ4v) is 2.94. The highest BCUT2D eigenvalue weighted by molar-refractivity contribution is 5.95. The molecular formula is C24H25NO4. The smallest absolute Gasteiger partial charge is 0.251 e. The van der Waals surface area contributed by atoms with Crippen molar-refractivity contribution in [3.8, 4) is 11.5 Å². The molecule has 0 fully saturated rings. The van der Waals surface area contributed by atoms with Crippen LogP contribution >= 0.6 is 0 Å². The number of hydrogen-bond donors (Lipinski definition) is 1. The molecule has 0 atom stereocenters. The summed E-state index contributed by atoms with van der Waals surface area (Å²) in [6.45, 7) is 1.43. The molecule has 0 aliphatic rings. The molecule has 0 spiro atoms. The van der Waals surface area contributed by atoms with Crippen LogP contribution in [0.1, 0.15) is 27.0 Å². The van der Waals surface area contributed by atoms with E-state index in [1.165, 1.54) is 0 Å². The van der Waals surface area contributed by atoms with Crippen molar-refractivity contribution in [1.29, 1.82) is 0 Å². The van der Waals surface area contributed by atoms with Gasteiger partial charge in [0, 0.05) is 18.2 Å². The van der Waals surface area contributed by atoms with E-state index in [1.54, 1.807) is 32.4 Å². The lowest BCUT2D eigenvalue weighted by molar-refractivity contribution is 0.0947. The van der Waals surface area contributed by atoms with Crippen molar-refractivity contribution in [3.63, 3.8) is 0 Å². The van der Waals surface area contributed by atoms with E-state index in [9.17, 15) is 4.79 Å². The van der Waals surface area contributed by atoms with Crippen LogP contribution < -0.4 is 14.8 Å². The molecule has 0 saturated heterocycles. The second-order valence-corrected chi connectivity index (χ2v) is 6.53. The molecule has 150 valence electrons. The maximum Gasteiger partial charge on any atom is 0.251 e. The summed E-state index contributed by atoms with van der Waals surface area (Å²) < 4.78 is 16.3. The Kier molecular flexibility index (Phi) is 7.25. The highest BCUT2D eigenvalue weighted by Gasteiger charge is 2.11. The average Bonchev–Trinajstić information content (AvgIpc) is 2.78. The molecule has 3 aromatic carbocycles. The van der Waals surface area contributed by atoms with Gasteiger partial charge in [0.25, 0.3) is 5.91 Å². The number of benzene rings is 3. The Labute approximate surface area is 171 Å². The van der Waals surface area contributed by atoms with Crippen LogP contribution in [-0.2, 0) is 24.5 Å². The Morgan fingerprint density at radius 2 is 1.41 bits per heavy atom. The minimum Gasteiger partial charge on any atom is -0.497 e. The molecule has 0 aliphatic heterocycles. The van der Waals surface area contributed by atoms with Gasteiger partial charge in [0.2, 0.25) is 0 Å². The van der Waals surface area contributed by atoms with Crippen molar-refractivity contribution in [3.05, 3.63) is 95.1 Å². The topological polar surface area (TPSA) is 56.8 Å². The zero-order chi connectivity index (χ0) is 20.5. The Morgan fingerprint density at radius 1 is 0.793 bits per heavy atom. The van der Waals surface area contributed by atoms with Gasteiger partial charge in [0.1, 0.15) is 11.5 Å². The van der Waals surface area contributed by atoms with Crippen LogP contribution in [0.4, 0.5) is 0 Å². The third kappa shape index (κ3) is 5.83. The summed E-state index contributed by atoms with van der Waals surface area (Å²) in [5.41, 5.74) is 3.68. The second kappa shape index (κ2) is 10.3. The Morgan fingerprint density at radius 3 is 2.07 bits per heavy atom. The second-order valence-electron chi connectivity index (χ2n) is 6.53. The van der Waals surface area contributed by atoms with Gasteiger partial charge in [-0.15, -0.1) is 0 Å². The van der Waals surface area contributed by atoms with Crippen LogP contribution in [0.15, 0.2) is 72.8 Å². The van der Waals surface area contributed by atoms with E-state index in [0.29, 0.717) is 36.8 Å². The molecule has 0 bridgehead atoms. The van der Waals surface area contributed by atoms with Gasteiger partial charge >= 0.3 is 0 Å². The van der Waals surface area contributed by atoms with Crippen molar-refractivity contribution in [2.45, 2.75) is 19.8 Å². The lowest BCUT2D eigenvalue weighted by Crippen LogP contribution is -2.23. The van der Waals surface area contributed by atoms with Crippen LogP contribution in [0.5, 0.6) is 11.5 Å². The minimum absolute atomic E-state index is 0.192. The molecule has 0 unspecified atom stereocenters. The summed E-state index contributed by atoms with van der Waals surface area (Å²) in [5, 5.41) is 2.96. The number of ether oxygens (including phenoxy) is 3. The lowest BCUT2D eigenvalue weighted by Gasteiger charge is -2.12. The molecular weight excluding hydrogens is 366 g/mol. The SMILES string of the molecule is COc1cc(OC)cc(C(=O)NCc2ccccc2COCc2ccccc2)c1. The number of amides is 1. The van der Waals surface area contributed by atoms with Crippen LogP contribution in [0.25, 0.3) is 0 Å². The van der Waals surface area contributed by atoms with Crippen molar-refractivity contribution in [1.82, 2.24) is 5.32 Å². The molecule has 5 heteroatoms. The monoisotopic (exact) mass is 391 g/mol. The number of nitrogens with one attached hydrogen (secondary N) is 1. The van der Waals surface area contributed by atoms with E-state index < -0.39 is 0 Å². The van der Waals surface area contributed by atoms with E-state index in [1.807, 2.05) is 54.6 Å².